The highest BCUT2D eigenvalue weighted by atomic mass is 79.9. The minimum atomic E-state index is -0.894. The minimum Gasteiger partial charge on any atom is -0.478 e. The van der Waals surface area contributed by atoms with Crippen molar-refractivity contribution in [3.8, 4) is 0 Å². The second-order valence-electron chi connectivity index (χ2n) is 4.82. The van der Waals surface area contributed by atoms with E-state index in [-0.39, 0.29) is 0 Å². The summed E-state index contributed by atoms with van der Waals surface area (Å²) < 4.78 is 0.849. The van der Waals surface area contributed by atoms with E-state index in [0.717, 1.165) is 29.7 Å². The van der Waals surface area contributed by atoms with Gasteiger partial charge in [-0.05, 0) is 54.6 Å². The highest BCUT2D eigenvalue weighted by Crippen LogP contribution is 2.30. The fraction of sp³-hybridized carbons (Fsp3) is 0.462. The molecule has 1 unspecified atom stereocenters. The smallest absolute Gasteiger partial charge is 0.335 e. The van der Waals surface area contributed by atoms with Gasteiger partial charge in [0.25, 0.3) is 0 Å². The fourth-order valence-electron chi connectivity index (χ4n) is 2.28. The summed E-state index contributed by atoms with van der Waals surface area (Å²) in [6.07, 6.45) is 1.14. The maximum atomic E-state index is 10.9. The van der Waals surface area contributed by atoms with Crippen LogP contribution in [0.25, 0.3) is 0 Å². The topological polar surface area (TPSA) is 43.8 Å². The second-order valence-corrected chi connectivity index (χ2v) is 5.68. The molecule has 0 saturated carbocycles. The first kappa shape index (κ1) is 13.4. The predicted octanol–water partition coefficient (Wildman–Crippen LogP) is 2.29. The molecular weight excluding hydrogens is 296 g/mol. The molecule has 1 heterocycles. The summed E-state index contributed by atoms with van der Waals surface area (Å²) in [5.41, 5.74) is 1.39. The predicted molar refractivity (Wildman–Crippen MR) is 75.4 cm³/mol. The maximum Gasteiger partial charge on any atom is 0.335 e. The summed E-state index contributed by atoms with van der Waals surface area (Å²) in [6.45, 7) is 1.99. The fourth-order valence-corrected chi connectivity index (χ4v) is 2.91. The standard InChI is InChI=1S/C13H17BrN2O2/c1-15(2)10-5-6-16(8-10)12-4-3-9(13(17)18)7-11(12)14/h3-4,7,10H,5-6,8H2,1-2H3,(H,17,18). The monoisotopic (exact) mass is 312 g/mol. The molecule has 0 amide bonds. The number of rotatable bonds is 3. The molecule has 1 fully saturated rings. The van der Waals surface area contributed by atoms with Crippen LogP contribution in [0.2, 0.25) is 0 Å². The van der Waals surface area contributed by atoms with Gasteiger partial charge in [-0.25, -0.2) is 4.79 Å². The van der Waals surface area contributed by atoms with Gasteiger partial charge in [0, 0.05) is 23.6 Å². The number of nitrogens with zero attached hydrogens (tertiary/aromatic N) is 2. The maximum absolute atomic E-state index is 10.9. The van der Waals surface area contributed by atoms with Crippen LogP contribution >= 0.6 is 15.9 Å². The Morgan fingerprint density at radius 3 is 2.72 bits per heavy atom. The zero-order valence-electron chi connectivity index (χ0n) is 10.6. The molecule has 5 heteroatoms. The molecule has 18 heavy (non-hydrogen) atoms. The van der Waals surface area contributed by atoms with Gasteiger partial charge in [0.1, 0.15) is 0 Å². The number of hydrogen-bond donors (Lipinski definition) is 1. The van der Waals surface area contributed by atoms with E-state index in [1.165, 1.54) is 0 Å². The first-order chi connectivity index (χ1) is 8.49. The Labute approximate surface area is 115 Å². The third-order valence-electron chi connectivity index (χ3n) is 3.43. The molecule has 1 N–H and O–H groups in total. The van der Waals surface area contributed by atoms with Crippen LogP contribution < -0.4 is 4.90 Å². The van der Waals surface area contributed by atoms with Gasteiger partial charge in [-0.1, -0.05) is 0 Å². The second kappa shape index (κ2) is 5.28. The van der Waals surface area contributed by atoms with E-state index in [1.807, 2.05) is 6.07 Å². The van der Waals surface area contributed by atoms with Crippen LogP contribution in [0.4, 0.5) is 5.69 Å². The lowest BCUT2D eigenvalue weighted by Crippen LogP contribution is -2.31. The van der Waals surface area contributed by atoms with Crippen molar-refractivity contribution in [3.05, 3.63) is 28.2 Å². The average Bonchev–Trinajstić information content (AvgIpc) is 2.78. The van der Waals surface area contributed by atoms with Gasteiger partial charge in [-0.2, -0.15) is 0 Å². The number of carboxylic acid groups (broad SMARTS) is 1. The number of carboxylic acids is 1. The molecule has 2 rings (SSSR count). The van der Waals surface area contributed by atoms with Gasteiger partial charge in [-0.15, -0.1) is 0 Å². The normalized spacial score (nSPS) is 19.6. The number of halogens is 1. The molecule has 0 aliphatic carbocycles. The van der Waals surface area contributed by atoms with Crippen LogP contribution in [0.1, 0.15) is 16.8 Å². The van der Waals surface area contributed by atoms with E-state index in [4.69, 9.17) is 5.11 Å². The number of hydrogen-bond acceptors (Lipinski definition) is 3. The third kappa shape index (κ3) is 2.67. The molecule has 0 spiro atoms. The van der Waals surface area contributed by atoms with Crippen molar-refractivity contribution in [3.63, 3.8) is 0 Å². The van der Waals surface area contributed by atoms with Crippen molar-refractivity contribution in [1.29, 1.82) is 0 Å². The van der Waals surface area contributed by atoms with Gasteiger partial charge >= 0.3 is 5.97 Å². The molecule has 0 aromatic heterocycles. The summed E-state index contributed by atoms with van der Waals surface area (Å²) in [7, 11) is 4.19. The lowest BCUT2D eigenvalue weighted by atomic mass is 10.2. The van der Waals surface area contributed by atoms with Crippen molar-refractivity contribution in [2.75, 3.05) is 32.1 Å². The van der Waals surface area contributed by atoms with Crippen molar-refractivity contribution >= 4 is 27.6 Å². The lowest BCUT2D eigenvalue weighted by molar-refractivity contribution is 0.0697. The van der Waals surface area contributed by atoms with Crippen molar-refractivity contribution in [2.45, 2.75) is 12.5 Å². The molecule has 0 radical (unpaired) electrons. The highest BCUT2D eigenvalue weighted by Gasteiger charge is 2.25. The van der Waals surface area contributed by atoms with Crippen LogP contribution in [-0.4, -0.2) is 49.2 Å². The van der Waals surface area contributed by atoms with E-state index >= 15 is 0 Å². The molecule has 1 saturated heterocycles. The SMILES string of the molecule is CN(C)C1CCN(c2ccc(C(=O)O)cc2Br)C1. The molecule has 0 bridgehead atoms. The van der Waals surface area contributed by atoms with E-state index in [1.54, 1.807) is 12.1 Å². The summed E-state index contributed by atoms with van der Waals surface area (Å²) in [6, 6.07) is 5.77. The number of carbonyl (C=O) groups is 1. The van der Waals surface area contributed by atoms with E-state index in [9.17, 15) is 4.79 Å². The zero-order chi connectivity index (χ0) is 13.3. The number of benzene rings is 1. The molecule has 4 nitrogen and oxygen atoms in total. The van der Waals surface area contributed by atoms with Gasteiger partial charge < -0.3 is 14.9 Å². The van der Waals surface area contributed by atoms with Crippen LogP contribution in [0.15, 0.2) is 22.7 Å². The number of likely N-dealkylation sites (N-methyl/N-ethyl adjacent to an activating group) is 1. The molecule has 1 aliphatic heterocycles. The molecule has 98 valence electrons. The number of aromatic carboxylic acids is 1. The Morgan fingerprint density at radius 2 is 2.22 bits per heavy atom. The van der Waals surface area contributed by atoms with Gasteiger partial charge in [0.15, 0.2) is 0 Å². The minimum absolute atomic E-state index is 0.314. The first-order valence-electron chi connectivity index (χ1n) is 5.93. The first-order valence-corrected chi connectivity index (χ1v) is 6.72. The summed E-state index contributed by atoms with van der Waals surface area (Å²) in [5.74, 6) is -0.894. The summed E-state index contributed by atoms with van der Waals surface area (Å²) in [4.78, 5) is 15.4. The van der Waals surface area contributed by atoms with Crippen molar-refractivity contribution in [1.82, 2.24) is 4.90 Å². The average molecular weight is 313 g/mol. The summed E-state index contributed by atoms with van der Waals surface area (Å²) in [5, 5.41) is 8.94. The zero-order valence-corrected chi connectivity index (χ0v) is 12.1. The van der Waals surface area contributed by atoms with Crippen LogP contribution in [0.5, 0.6) is 0 Å². The van der Waals surface area contributed by atoms with Crippen LogP contribution in [-0.2, 0) is 0 Å². The highest BCUT2D eigenvalue weighted by molar-refractivity contribution is 9.10. The molecule has 1 atom stereocenters. The molecule has 1 aliphatic rings. The van der Waals surface area contributed by atoms with Gasteiger partial charge in [-0.3, -0.25) is 0 Å². The van der Waals surface area contributed by atoms with Crippen LogP contribution in [0.3, 0.4) is 0 Å². The lowest BCUT2D eigenvalue weighted by Gasteiger charge is -2.22. The third-order valence-corrected chi connectivity index (χ3v) is 4.06. The van der Waals surface area contributed by atoms with Gasteiger partial charge in [0.05, 0.1) is 11.3 Å². The Hall–Kier alpha value is -1.07. The Bertz CT molecular complexity index is 462. The number of anilines is 1. The summed E-state index contributed by atoms with van der Waals surface area (Å²) >= 11 is 3.46. The van der Waals surface area contributed by atoms with Gasteiger partial charge in [0.2, 0.25) is 0 Å². The molecule has 1 aromatic rings. The van der Waals surface area contributed by atoms with Crippen molar-refractivity contribution < 1.29 is 9.90 Å². The van der Waals surface area contributed by atoms with E-state index in [2.05, 4.69) is 39.8 Å². The Morgan fingerprint density at radius 1 is 1.50 bits per heavy atom. The molecular formula is C13H17BrN2O2. The quantitative estimate of drug-likeness (QED) is 0.930. The van der Waals surface area contributed by atoms with E-state index in [0.29, 0.717) is 11.6 Å². The Balaban J connectivity index is 2.18. The largest absolute Gasteiger partial charge is 0.478 e. The van der Waals surface area contributed by atoms with Crippen molar-refractivity contribution in [2.24, 2.45) is 0 Å². The van der Waals surface area contributed by atoms with E-state index < -0.39 is 5.97 Å². The van der Waals surface area contributed by atoms with Crippen LogP contribution in [0, 0.1) is 0 Å². The molecule has 1 aromatic carbocycles. The Kier molecular flexibility index (Phi) is 3.92.